The van der Waals surface area contributed by atoms with Gasteiger partial charge in [0.1, 0.15) is 5.75 Å². The summed E-state index contributed by atoms with van der Waals surface area (Å²) in [6.07, 6.45) is 6.25. The zero-order chi connectivity index (χ0) is 12.2. The molecule has 96 valence electrons. The highest BCUT2D eigenvalue weighted by Crippen LogP contribution is 2.08. The molecule has 1 aromatic rings. The zero-order valence-electron chi connectivity index (χ0n) is 11.0. The minimum atomic E-state index is 0.820. The van der Waals surface area contributed by atoms with E-state index in [4.69, 9.17) is 4.74 Å². The van der Waals surface area contributed by atoms with Gasteiger partial charge in [0.15, 0.2) is 0 Å². The van der Waals surface area contributed by atoms with Crippen LogP contribution in [-0.4, -0.2) is 19.7 Å². The first-order valence-corrected chi connectivity index (χ1v) is 6.82. The van der Waals surface area contributed by atoms with Gasteiger partial charge in [-0.15, -0.1) is 0 Å². The quantitative estimate of drug-likeness (QED) is 0.625. The third kappa shape index (κ3) is 7.81. The van der Waals surface area contributed by atoms with Crippen LogP contribution in [0.25, 0.3) is 0 Å². The molecule has 0 radical (unpaired) electrons. The van der Waals surface area contributed by atoms with Crippen LogP contribution in [-0.2, 0) is 0 Å². The Morgan fingerprint density at radius 1 is 0.941 bits per heavy atom. The number of benzene rings is 1. The molecule has 1 aromatic carbocycles. The Balaban J connectivity index is 1.85. The molecule has 1 rings (SSSR count). The van der Waals surface area contributed by atoms with Gasteiger partial charge >= 0.3 is 0 Å². The van der Waals surface area contributed by atoms with Gasteiger partial charge in [0.2, 0.25) is 0 Å². The monoisotopic (exact) mass is 235 g/mol. The molecular formula is C15H25NO. The van der Waals surface area contributed by atoms with Crippen molar-refractivity contribution in [2.24, 2.45) is 0 Å². The lowest BCUT2D eigenvalue weighted by Gasteiger charge is -2.06. The molecule has 0 aliphatic carbocycles. The van der Waals surface area contributed by atoms with Crippen LogP contribution in [0.2, 0.25) is 0 Å². The van der Waals surface area contributed by atoms with Gasteiger partial charge in [-0.2, -0.15) is 0 Å². The fraction of sp³-hybridized carbons (Fsp3) is 0.600. The lowest BCUT2D eigenvalue weighted by molar-refractivity contribution is 0.306. The number of hydrogen-bond donors (Lipinski definition) is 1. The van der Waals surface area contributed by atoms with E-state index in [-0.39, 0.29) is 0 Å². The number of hydrogen-bond acceptors (Lipinski definition) is 2. The van der Waals surface area contributed by atoms with Crippen molar-refractivity contribution in [2.75, 3.05) is 19.7 Å². The van der Waals surface area contributed by atoms with Crippen molar-refractivity contribution in [3.63, 3.8) is 0 Å². The van der Waals surface area contributed by atoms with Crippen LogP contribution >= 0.6 is 0 Å². The van der Waals surface area contributed by atoms with E-state index in [1.165, 1.54) is 25.7 Å². The van der Waals surface area contributed by atoms with E-state index < -0.39 is 0 Å². The largest absolute Gasteiger partial charge is 0.494 e. The minimum absolute atomic E-state index is 0.820. The smallest absolute Gasteiger partial charge is 0.119 e. The molecule has 0 fully saturated rings. The molecule has 2 nitrogen and oxygen atoms in total. The van der Waals surface area contributed by atoms with E-state index in [1.54, 1.807) is 0 Å². The second-order valence-electron chi connectivity index (χ2n) is 4.33. The fourth-order valence-corrected chi connectivity index (χ4v) is 1.68. The summed E-state index contributed by atoms with van der Waals surface area (Å²) in [7, 11) is 0. The molecule has 0 unspecified atom stereocenters. The molecule has 17 heavy (non-hydrogen) atoms. The first kappa shape index (κ1) is 14.0. The van der Waals surface area contributed by atoms with E-state index in [9.17, 15) is 0 Å². The summed E-state index contributed by atoms with van der Waals surface area (Å²) >= 11 is 0. The molecule has 0 aromatic heterocycles. The van der Waals surface area contributed by atoms with Crippen LogP contribution in [0.15, 0.2) is 30.3 Å². The van der Waals surface area contributed by atoms with Crippen LogP contribution in [0.5, 0.6) is 5.75 Å². The molecule has 0 saturated heterocycles. The molecule has 1 N–H and O–H groups in total. The molecular weight excluding hydrogens is 210 g/mol. The molecule has 0 bridgehead atoms. The summed E-state index contributed by atoms with van der Waals surface area (Å²) in [6, 6.07) is 10.0. The Morgan fingerprint density at radius 3 is 2.35 bits per heavy atom. The van der Waals surface area contributed by atoms with Crippen molar-refractivity contribution in [3.05, 3.63) is 30.3 Å². The Bertz CT molecular complexity index is 261. The minimum Gasteiger partial charge on any atom is -0.494 e. The van der Waals surface area contributed by atoms with Crippen molar-refractivity contribution in [1.29, 1.82) is 0 Å². The SMILES string of the molecule is CCCCCNCCCCOc1ccccc1. The van der Waals surface area contributed by atoms with Crippen molar-refractivity contribution < 1.29 is 4.74 Å². The highest BCUT2D eigenvalue weighted by Gasteiger charge is 1.92. The summed E-state index contributed by atoms with van der Waals surface area (Å²) in [5.74, 6) is 0.975. The fourth-order valence-electron chi connectivity index (χ4n) is 1.68. The summed E-state index contributed by atoms with van der Waals surface area (Å²) in [4.78, 5) is 0. The van der Waals surface area contributed by atoms with Crippen LogP contribution < -0.4 is 10.1 Å². The molecule has 0 aliphatic heterocycles. The summed E-state index contributed by atoms with van der Waals surface area (Å²) in [6.45, 7) is 5.33. The van der Waals surface area contributed by atoms with E-state index in [2.05, 4.69) is 12.2 Å². The summed E-state index contributed by atoms with van der Waals surface area (Å²) < 4.78 is 5.62. The first-order valence-electron chi connectivity index (χ1n) is 6.82. The van der Waals surface area contributed by atoms with Gasteiger partial charge in [-0.1, -0.05) is 38.0 Å². The van der Waals surface area contributed by atoms with Crippen LogP contribution in [0, 0.1) is 0 Å². The van der Waals surface area contributed by atoms with Gasteiger partial charge < -0.3 is 10.1 Å². The van der Waals surface area contributed by atoms with Gasteiger partial charge in [0.05, 0.1) is 6.61 Å². The Kier molecular flexibility index (Phi) is 8.39. The van der Waals surface area contributed by atoms with Gasteiger partial charge in [-0.25, -0.2) is 0 Å². The predicted octanol–water partition coefficient (Wildman–Crippen LogP) is 3.63. The van der Waals surface area contributed by atoms with Gasteiger partial charge in [-0.05, 0) is 44.5 Å². The Labute approximate surface area is 105 Å². The van der Waals surface area contributed by atoms with Crippen molar-refractivity contribution in [2.45, 2.75) is 39.0 Å². The highest BCUT2D eigenvalue weighted by molar-refractivity contribution is 5.20. The molecule has 0 heterocycles. The molecule has 0 amide bonds. The van der Waals surface area contributed by atoms with E-state index in [0.717, 1.165) is 31.9 Å². The van der Waals surface area contributed by atoms with Gasteiger partial charge in [0.25, 0.3) is 0 Å². The third-order valence-corrected chi connectivity index (χ3v) is 2.72. The Morgan fingerprint density at radius 2 is 1.65 bits per heavy atom. The summed E-state index contributed by atoms with van der Waals surface area (Å²) in [5.41, 5.74) is 0. The number of unbranched alkanes of at least 4 members (excludes halogenated alkanes) is 3. The maximum Gasteiger partial charge on any atom is 0.119 e. The van der Waals surface area contributed by atoms with Crippen LogP contribution in [0.3, 0.4) is 0 Å². The highest BCUT2D eigenvalue weighted by atomic mass is 16.5. The lowest BCUT2D eigenvalue weighted by Crippen LogP contribution is -2.17. The van der Waals surface area contributed by atoms with Crippen molar-refractivity contribution >= 4 is 0 Å². The molecule has 2 heteroatoms. The van der Waals surface area contributed by atoms with E-state index >= 15 is 0 Å². The second kappa shape index (κ2) is 10.2. The van der Waals surface area contributed by atoms with E-state index in [1.807, 2.05) is 30.3 Å². The maximum atomic E-state index is 5.62. The number of rotatable bonds is 10. The third-order valence-electron chi connectivity index (χ3n) is 2.72. The summed E-state index contributed by atoms with van der Waals surface area (Å²) in [5, 5.41) is 3.46. The Hall–Kier alpha value is -1.02. The molecule has 0 aliphatic rings. The molecule has 0 spiro atoms. The van der Waals surface area contributed by atoms with Crippen LogP contribution in [0.4, 0.5) is 0 Å². The van der Waals surface area contributed by atoms with E-state index in [0.29, 0.717) is 0 Å². The molecule has 0 atom stereocenters. The predicted molar refractivity (Wildman–Crippen MR) is 73.6 cm³/mol. The average Bonchev–Trinajstić information content (AvgIpc) is 2.38. The first-order chi connectivity index (χ1) is 8.43. The number of para-hydroxylation sites is 1. The molecule has 0 saturated carbocycles. The van der Waals surface area contributed by atoms with Crippen molar-refractivity contribution in [3.8, 4) is 5.75 Å². The normalized spacial score (nSPS) is 10.4. The second-order valence-corrected chi connectivity index (χ2v) is 4.33. The van der Waals surface area contributed by atoms with Crippen molar-refractivity contribution in [1.82, 2.24) is 5.32 Å². The number of nitrogens with one attached hydrogen (secondary N) is 1. The maximum absolute atomic E-state index is 5.62. The van der Waals surface area contributed by atoms with Crippen LogP contribution in [0.1, 0.15) is 39.0 Å². The lowest BCUT2D eigenvalue weighted by atomic mass is 10.2. The van der Waals surface area contributed by atoms with Gasteiger partial charge in [-0.3, -0.25) is 0 Å². The van der Waals surface area contributed by atoms with Gasteiger partial charge in [0, 0.05) is 0 Å². The standard InChI is InChI=1S/C15H25NO/c1-2-3-7-12-16-13-8-9-14-17-15-10-5-4-6-11-15/h4-6,10-11,16H,2-3,7-9,12-14H2,1H3. The number of ether oxygens (including phenoxy) is 1. The average molecular weight is 235 g/mol. The topological polar surface area (TPSA) is 21.3 Å². The zero-order valence-corrected chi connectivity index (χ0v) is 11.0.